The first-order valence-corrected chi connectivity index (χ1v) is 12.4. The molecule has 3 aromatic carbocycles. The number of amides is 2. The van der Waals surface area contributed by atoms with E-state index in [0.717, 1.165) is 24.3 Å². The molecule has 0 saturated heterocycles. The van der Waals surface area contributed by atoms with Gasteiger partial charge in [-0.1, -0.05) is 18.2 Å². The van der Waals surface area contributed by atoms with E-state index in [1.54, 1.807) is 6.92 Å². The molecule has 0 spiro atoms. The van der Waals surface area contributed by atoms with Crippen molar-refractivity contribution in [3.63, 3.8) is 0 Å². The van der Waals surface area contributed by atoms with Crippen LogP contribution in [0.1, 0.15) is 45.6 Å². The first-order chi connectivity index (χ1) is 19.6. The highest BCUT2D eigenvalue weighted by Crippen LogP contribution is 2.39. The molecule has 0 radical (unpaired) electrons. The lowest BCUT2D eigenvalue weighted by Crippen LogP contribution is -2.28. The number of aryl methyl sites for hydroxylation is 2. The fourth-order valence-corrected chi connectivity index (χ4v) is 4.48. The SMILES string of the molecule is Cc1cc(C(C)NC(=O)c2cc(Cn3ccn(C)/c3=N/C(=O)O)cc(-c3ccc(F)cc3C(F)(F)F)c2F)ccc1F. The lowest BCUT2D eigenvalue weighted by atomic mass is 9.94. The first-order valence-electron chi connectivity index (χ1n) is 12.4. The van der Waals surface area contributed by atoms with Crippen molar-refractivity contribution in [2.75, 3.05) is 0 Å². The van der Waals surface area contributed by atoms with Crippen molar-refractivity contribution in [3.8, 4) is 11.1 Å². The van der Waals surface area contributed by atoms with Crippen LogP contribution in [0, 0.1) is 24.4 Å². The maximum Gasteiger partial charge on any atom is 0.434 e. The third-order valence-corrected chi connectivity index (χ3v) is 6.57. The van der Waals surface area contributed by atoms with Crippen LogP contribution in [-0.2, 0) is 19.8 Å². The molecule has 7 nitrogen and oxygen atoms in total. The van der Waals surface area contributed by atoms with Crippen molar-refractivity contribution >= 4 is 12.0 Å². The van der Waals surface area contributed by atoms with Crippen LogP contribution in [0.4, 0.5) is 31.1 Å². The zero-order chi connectivity index (χ0) is 30.9. The van der Waals surface area contributed by atoms with Crippen LogP contribution in [0.3, 0.4) is 0 Å². The van der Waals surface area contributed by atoms with E-state index in [0.29, 0.717) is 11.1 Å². The minimum atomic E-state index is -5.06. The number of hydrogen-bond donors (Lipinski definition) is 2. The number of carbonyl (C=O) groups excluding carboxylic acids is 1. The topological polar surface area (TPSA) is 88.6 Å². The van der Waals surface area contributed by atoms with Crippen LogP contribution in [0.5, 0.6) is 0 Å². The van der Waals surface area contributed by atoms with Gasteiger partial charge in [0, 0.05) is 25.0 Å². The van der Waals surface area contributed by atoms with Crippen molar-refractivity contribution in [2.45, 2.75) is 32.6 Å². The maximum atomic E-state index is 15.9. The van der Waals surface area contributed by atoms with Gasteiger partial charge in [-0.05, 0) is 66.4 Å². The molecular weight excluding hydrogens is 566 g/mol. The molecule has 0 fully saturated rings. The Kier molecular flexibility index (Phi) is 8.32. The third kappa shape index (κ3) is 6.40. The normalized spacial score (nSPS) is 12.8. The predicted molar refractivity (Wildman–Crippen MR) is 140 cm³/mol. The van der Waals surface area contributed by atoms with Crippen LogP contribution < -0.4 is 10.9 Å². The van der Waals surface area contributed by atoms with E-state index in [1.165, 1.54) is 53.7 Å². The van der Waals surface area contributed by atoms with Gasteiger partial charge in [-0.2, -0.15) is 13.2 Å². The van der Waals surface area contributed by atoms with Crippen molar-refractivity contribution in [1.29, 1.82) is 0 Å². The van der Waals surface area contributed by atoms with Crippen molar-refractivity contribution in [1.82, 2.24) is 14.5 Å². The number of benzene rings is 3. The number of carbonyl (C=O) groups is 2. The number of rotatable bonds is 6. The van der Waals surface area contributed by atoms with E-state index in [-0.39, 0.29) is 23.8 Å². The Morgan fingerprint density at radius 1 is 1.00 bits per heavy atom. The van der Waals surface area contributed by atoms with Crippen molar-refractivity contribution < 1.29 is 41.0 Å². The van der Waals surface area contributed by atoms with Crippen LogP contribution in [0.25, 0.3) is 11.1 Å². The number of carboxylic acid groups (broad SMARTS) is 1. The quantitative estimate of drug-likeness (QED) is 0.257. The standard InChI is InChI=1S/C29H24F6N4O3/c1-15-10-18(4-7-24(15)31)16(2)36-26(40)22-12-17(14-39-9-8-38(3)27(39)37-28(41)42)11-21(25(22)32)20-6-5-19(30)13-23(20)29(33,34)35/h4-13,16H,14H2,1-3H3,(H,36,40)(H,41,42)/b37-27-. The van der Waals surface area contributed by atoms with Gasteiger partial charge in [0.2, 0.25) is 5.62 Å². The average molecular weight is 591 g/mol. The van der Waals surface area contributed by atoms with Crippen LogP contribution in [-0.4, -0.2) is 26.2 Å². The number of imidazole rings is 1. The number of alkyl halides is 3. The molecular formula is C29H24F6N4O3. The Labute approximate surface area is 235 Å². The van der Waals surface area contributed by atoms with Gasteiger partial charge < -0.3 is 19.6 Å². The summed E-state index contributed by atoms with van der Waals surface area (Å²) in [5.74, 6) is -3.92. The third-order valence-electron chi connectivity index (χ3n) is 6.57. The van der Waals surface area contributed by atoms with Crippen molar-refractivity contribution in [3.05, 3.63) is 112 Å². The lowest BCUT2D eigenvalue weighted by molar-refractivity contribution is -0.137. The highest BCUT2D eigenvalue weighted by Gasteiger charge is 2.35. The molecule has 0 bridgehead atoms. The number of nitrogens with one attached hydrogen (secondary N) is 1. The molecule has 1 heterocycles. The van der Waals surface area contributed by atoms with Gasteiger partial charge in [0.1, 0.15) is 17.5 Å². The van der Waals surface area contributed by atoms with Gasteiger partial charge in [-0.3, -0.25) is 4.79 Å². The molecule has 1 atom stereocenters. The molecule has 1 unspecified atom stereocenters. The van der Waals surface area contributed by atoms with Gasteiger partial charge in [0.05, 0.1) is 23.7 Å². The second-order valence-corrected chi connectivity index (χ2v) is 9.63. The van der Waals surface area contributed by atoms with Crippen molar-refractivity contribution in [2.24, 2.45) is 12.0 Å². The zero-order valence-electron chi connectivity index (χ0n) is 22.4. The molecule has 4 aromatic rings. The largest absolute Gasteiger partial charge is 0.463 e. The number of nitrogens with zero attached hydrogens (tertiary/aromatic N) is 3. The van der Waals surface area contributed by atoms with Gasteiger partial charge in [-0.25, -0.2) is 18.0 Å². The Morgan fingerprint density at radius 3 is 2.36 bits per heavy atom. The maximum absolute atomic E-state index is 15.9. The van der Waals surface area contributed by atoms with E-state index in [1.807, 2.05) is 0 Å². The summed E-state index contributed by atoms with van der Waals surface area (Å²) in [6.45, 7) is 2.88. The monoisotopic (exact) mass is 590 g/mol. The average Bonchev–Trinajstić information content (AvgIpc) is 3.23. The summed E-state index contributed by atoms with van der Waals surface area (Å²) >= 11 is 0. The first kappa shape index (κ1) is 30.2. The zero-order valence-corrected chi connectivity index (χ0v) is 22.4. The number of hydrogen-bond acceptors (Lipinski definition) is 2. The molecule has 42 heavy (non-hydrogen) atoms. The molecule has 4 rings (SSSR count). The smallest absolute Gasteiger partial charge is 0.434 e. The highest BCUT2D eigenvalue weighted by molar-refractivity contribution is 5.96. The second-order valence-electron chi connectivity index (χ2n) is 9.63. The molecule has 0 saturated carbocycles. The lowest BCUT2D eigenvalue weighted by Gasteiger charge is -2.19. The summed E-state index contributed by atoms with van der Waals surface area (Å²) in [6.07, 6.45) is -3.63. The summed E-state index contributed by atoms with van der Waals surface area (Å²) in [7, 11) is 1.51. The fourth-order valence-electron chi connectivity index (χ4n) is 4.48. The Bertz CT molecular complexity index is 1760. The molecule has 0 aliphatic carbocycles. The van der Waals surface area contributed by atoms with Gasteiger partial charge in [0.25, 0.3) is 5.91 Å². The fraction of sp³-hybridized carbons (Fsp3) is 0.207. The van der Waals surface area contributed by atoms with Crippen LogP contribution in [0.2, 0.25) is 0 Å². The predicted octanol–water partition coefficient (Wildman–Crippen LogP) is 6.36. The van der Waals surface area contributed by atoms with Gasteiger partial charge >= 0.3 is 12.3 Å². The summed E-state index contributed by atoms with van der Waals surface area (Å²) < 4.78 is 87.9. The van der Waals surface area contributed by atoms with Crippen LogP contribution >= 0.6 is 0 Å². The summed E-state index contributed by atoms with van der Waals surface area (Å²) in [6, 6.07) is 7.32. The Balaban J connectivity index is 1.87. The van der Waals surface area contributed by atoms with E-state index in [4.69, 9.17) is 5.11 Å². The van der Waals surface area contributed by atoms with E-state index in [2.05, 4.69) is 10.3 Å². The summed E-state index contributed by atoms with van der Waals surface area (Å²) in [5, 5.41) is 11.7. The minimum Gasteiger partial charge on any atom is -0.463 e. The summed E-state index contributed by atoms with van der Waals surface area (Å²) in [4.78, 5) is 28.0. The number of aromatic nitrogens is 2. The molecule has 1 aromatic heterocycles. The van der Waals surface area contributed by atoms with Gasteiger partial charge in [0.15, 0.2) is 0 Å². The number of halogens is 6. The molecule has 220 valence electrons. The van der Waals surface area contributed by atoms with E-state index < -0.39 is 63.9 Å². The molecule has 0 aliphatic rings. The Morgan fingerprint density at radius 2 is 1.71 bits per heavy atom. The highest BCUT2D eigenvalue weighted by atomic mass is 19.4. The Hall–Kier alpha value is -4.81. The van der Waals surface area contributed by atoms with Crippen LogP contribution in [0.15, 0.2) is 65.9 Å². The van der Waals surface area contributed by atoms with Gasteiger partial charge in [-0.15, -0.1) is 4.99 Å². The summed E-state index contributed by atoms with van der Waals surface area (Å²) in [5.41, 5.74) is -2.50. The molecule has 2 N–H and O–H groups in total. The van der Waals surface area contributed by atoms with E-state index in [9.17, 15) is 31.5 Å². The second kappa shape index (κ2) is 11.6. The molecule has 13 heteroatoms. The minimum absolute atomic E-state index is 0.0440. The van der Waals surface area contributed by atoms with E-state index >= 15 is 4.39 Å². The molecule has 2 amide bonds. The molecule has 0 aliphatic heterocycles.